The van der Waals surface area contributed by atoms with Gasteiger partial charge >= 0.3 is 12.0 Å². The molecule has 0 fully saturated rings. The zero-order chi connectivity index (χ0) is 19.7. The fraction of sp³-hybridized carbons (Fsp3) is 0.474. The van der Waals surface area contributed by atoms with Gasteiger partial charge in [-0.2, -0.15) is 0 Å². The third-order valence-corrected chi connectivity index (χ3v) is 7.18. The van der Waals surface area contributed by atoms with Crippen molar-refractivity contribution in [1.29, 1.82) is 0 Å². The molecule has 2 aromatic heterocycles. The molecule has 2 N–H and O–H groups in total. The van der Waals surface area contributed by atoms with Crippen LogP contribution in [0.4, 0.5) is 4.79 Å². The monoisotopic (exact) mass is 418 g/mol. The predicted octanol–water partition coefficient (Wildman–Crippen LogP) is 3.18. The van der Waals surface area contributed by atoms with E-state index in [1.807, 2.05) is 6.92 Å². The Morgan fingerprint density at radius 3 is 3.00 bits per heavy atom. The Hall–Kier alpha value is -2.13. The van der Waals surface area contributed by atoms with Crippen LogP contribution in [-0.4, -0.2) is 40.4 Å². The smallest absolute Gasteiger partial charge is 0.337 e. The topological polar surface area (TPSA) is 93.2 Å². The van der Waals surface area contributed by atoms with Crippen LogP contribution >= 0.6 is 23.1 Å². The average Bonchev–Trinajstić information content (AvgIpc) is 3.26. The molecule has 3 heterocycles. The number of thiophene rings is 1. The Morgan fingerprint density at radius 2 is 2.21 bits per heavy atom. The Kier molecular flexibility index (Phi) is 5.54. The second-order valence-corrected chi connectivity index (χ2v) is 8.72. The fourth-order valence-corrected chi connectivity index (χ4v) is 6.01. The average molecular weight is 419 g/mol. The van der Waals surface area contributed by atoms with Crippen molar-refractivity contribution in [2.75, 3.05) is 12.4 Å². The van der Waals surface area contributed by atoms with Crippen molar-refractivity contribution in [3.05, 3.63) is 28.0 Å². The SMILES string of the molecule is CCOC(=O)C1=C(CSc2ncnc3sc4c(c23)CCC4)NC(=O)N[C@H]1CC. The Labute approximate surface area is 171 Å². The number of fused-ring (bicyclic) bond motifs is 3. The van der Waals surface area contributed by atoms with Crippen molar-refractivity contribution >= 4 is 45.3 Å². The highest BCUT2D eigenvalue weighted by molar-refractivity contribution is 7.99. The zero-order valence-corrected chi connectivity index (χ0v) is 17.5. The molecule has 0 saturated carbocycles. The molecule has 9 heteroatoms. The van der Waals surface area contributed by atoms with E-state index >= 15 is 0 Å². The van der Waals surface area contributed by atoms with E-state index in [1.54, 1.807) is 24.6 Å². The first-order valence-corrected chi connectivity index (χ1v) is 11.3. The van der Waals surface area contributed by atoms with Gasteiger partial charge in [-0.1, -0.05) is 18.7 Å². The summed E-state index contributed by atoms with van der Waals surface area (Å²) >= 11 is 3.28. The molecule has 0 bridgehead atoms. The molecule has 0 radical (unpaired) electrons. The summed E-state index contributed by atoms with van der Waals surface area (Å²) in [4.78, 5) is 35.9. The summed E-state index contributed by atoms with van der Waals surface area (Å²) in [5.74, 6) is 0.0520. The fourth-order valence-electron chi connectivity index (χ4n) is 3.73. The third kappa shape index (κ3) is 3.48. The van der Waals surface area contributed by atoms with Gasteiger partial charge in [-0.25, -0.2) is 19.6 Å². The number of nitrogens with zero attached hydrogens (tertiary/aromatic N) is 2. The summed E-state index contributed by atoms with van der Waals surface area (Å²) in [7, 11) is 0. The van der Waals surface area contributed by atoms with Crippen LogP contribution in [0.15, 0.2) is 22.6 Å². The lowest BCUT2D eigenvalue weighted by Gasteiger charge is -2.28. The molecular weight excluding hydrogens is 396 g/mol. The Morgan fingerprint density at radius 1 is 1.36 bits per heavy atom. The number of aromatic nitrogens is 2. The van der Waals surface area contributed by atoms with Gasteiger partial charge < -0.3 is 15.4 Å². The van der Waals surface area contributed by atoms with Crippen LogP contribution in [0.3, 0.4) is 0 Å². The first-order chi connectivity index (χ1) is 13.6. The van der Waals surface area contributed by atoms with Crippen LogP contribution in [-0.2, 0) is 22.4 Å². The maximum Gasteiger partial charge on any atom is 0.337 e. The molecule has 0 spiro atoms. The summed E-state index contributed by atoms with van der Waals surface area (Å²) < 4.78 is 5.23. The van der Waals surface area contributed by atoms with Crippen molar-refractivity contribution < 1.29 is 14.3 Å². The maximum atomic E-state index is 12.5. The summed E-state index contributed by atoms with van der Waals surface area (Å²) in [6.45, 7) is 4.00. The van der Waals surface area contributed by atoms with Crippen LogP contribution < -0.4 is 10.6 Å². The minimum atomic E-state index is -0.387. The maximum absolute atomic E-state index is 12.5. The highest BCUT2D eigenvalue weighted by Crippen LogP contribution is 2.40. The molecule has 1 atom stereocenters. The lowest BCUT2D eigenvalue weighted by Crippen LogP contribution is -2.50. The van der Waals surface area contributed by atoms with Gasteiger partial charge in [0.05, 0.1) is 18.2 Å². The molecule has 0 aromatic carbocycles. The van der Waals surface area contributed by atoms with Crippen LogP contribution in [0.5, 0.6) is 0 Å². The van der Waals surface area contributed by atoms with E-state index in [9.17, 15) is 9.59 Å². The third-order valence-electron chi connectivity index (χ3n) is 4.97. The number of nitrogens with one attached hydrogen (secondary N) is 2. The van der Waals surface area contributed by atoms with Gasteiger partial charge in [0.2, 0.25) is 0 Å². The van der Waals surface area contributed by atoms with Crippen molar-refractivity contribution in [2.24, 2.45) is 0 Å². The van der Waals surface area contributed by atoms with Gasteiger partial charge in [-0.05, 0) is 38.2 Å². The first kappa shape index (κ1) is 19.2. The minimum Gasteiger partial charge on any atom is -0.463 e. The number of carbonyl (C=O) groups is 2. The molecule has 2 aliphatic rings. The van der Waals surface area contributed by atoms with E-state index in [2.05, 4.69) is 20.6 Å². The van der Waals surface area contributed by atoms with E-state index in [0.717, 1.165) is 28.1 Å². The number of hydrogen-bond donors (Lipinski definition) is 2. The normalized spacial score (nSPS) is 18.8. The Bertz CT molecular complexity index is 969. The molecule has 2 aromatic rings. The molecule has 0 saturated heterocycles. The number of amides is 2. The largest absolute Gasteiger partial charge is 0.463 e. The summed E-state index contributed by atoms with van der Waals surface area (Å²) in [6, 6.07) is -0.640. The van der Waals surface area contributed by atoms with E-state index in [0.29, 0.717) is 30.1 Å². The van der Waals surface area contributed by atoms with Gasteiger partial charge in [0.1, 0.15) is 16.2 Å². The number of aryl methyl sites for hydroxylation is 2. The van der Waals surface area contributed by atoms with Crippen molar-refractivity contribution in [1.82, 2.24) is 20.6 Å². The minimum absolute atomic E-state index is 0.292. The second-order valence-electron chi connectivity index (χ2n) is 6.68. The number of hydrogen-bond acceptors (Lipinski definition) is 7. The first-order valence-electron chi connectivity index (χ1n) is 9.48. The van der Waals surface area contributed by atoms with E-state index in [1.165, 1.54) is 28.6 Å². The molecule has 2 amide bonds. The summed E-state index contributed by atoms with van der Waals surface area (Å²) in [5, 5.41) is 7.64. The highest BCUT2D eigenvalue weighted by Gasteiger charge is 2.31. The Balaban J connectivity index is 1.66. The number of ether oxygens (including phenoxy) is 1. The molecule has 148 valence electrons. The van der Waals surface area contributed by atoms with Crippen molar-refractivity contribution in [3.8, 4) is 0 Å². The number of carbonyl (C=O) groups excluding carboxylic acids is 2. The number of thioether (sulfide) groups is 1. The molecule has 7 nitrogen and oxygen atoms in total. The number of esters is 1. The van der Waals surface area contributed by atoms with E-state index in [-0.39, 0.29) is 18.0 Å². The molecule has 1 aliphatic carbocycles. The lowest BCUT2D eigenvalue weighted by molar-refractivity contribution is -0.139. The van der Waals surface area contributed by atoms with E-state index < -0.39 is 0 Å². The van der Waals surface area contributed by atoms with Crippen LogP contribution in [0, 0.1) is 0 Å². The standard InChI is InChI=1S/C19H22N4O3S2/c1-3-11-15(18(24)26-4-2)12(23-19(25)22-11)8-27-16-14-10-6-5-7-13(10)28-17(14)21-9-20-16/h9,11H,3-8H2,1-2H3,(H2,22,23,25)/t11-/m0/s1. The number of rotatable bonds is 6. The van der Waals surface area contributed by atoms with Gasteiger partial charge in [-0.3, -0.25) is 0 Å². The highest BCUT2D eigenvalue weighted by atomic mass is 32.2. The van der Waals surface area contributed by atoms with Gasteiger partial charge in [0.15, 0.2) is 0 Å². The molecule has 0 unspecified atom stereocenters. The molecule has 4 rings (SSSR count). The van der Waals surface area contributed by atoms with Crippen LogP contribution in [0.25, 0.3) is 10.2 Å². The van der Waals surface area contributed by atoms with Crippen molar-refractivity contribution in [3.63, 3.8) is 0 Å². The predicted molar refractivity (Wildman–Crippen MR) is 110 cm³/mol. The van der Waals surface area contributed by atoms with Crippen LogP contribution in [0.2, 0.25) is 0 Å². The van der Waals surface area contributed by atoms with Gasteiger partial charge in [0, 0.05) is 21.7 Å². The molecule has 28 heavy (non-hydrogen) atoms. The quantitative estimate of drug-likeness (QED) is 0.425. The summed E-state index contributed by atoms with van der Waals surface area (Å²) in [6.07, 6.45) is 5.55. The molecule has 1 aliphatic heterocycles. The second kappa shape index (κ2) is 8.08. The van der Waals surface area contributed by atoms with E-state index in [4.69, 9.17) is 4.74 Å². The number of urea groups is 1. The zero-order valence-electron chi connectivity index (χ0n) is 15.8. The van der Waals surface area contributed by atoms with Gasteiger partial charge in [-0.15, -0.1) is 11.3 Å². The summed E-state index contributed by atoms with van der Waals surface area (Å²) in [5.41, 5.74) is 2.46. The molecular formula is C19H22N4O3S2. The van der Waals surface area contributed by atoms with Gasteiger partial charge in [0.25, 0.3) is 0 Å². The lowest BCUT2D eigenvalue weighted by atomic mass is 10.0. The van der Waals surface area contributed by atoms with Crippen LogP contribution in [0.1, 0.15) is 37.1 Å². The van der Waals surface area contributed by atoms with Crippen molar-refractivity contribution in [2.45, 2.75) is 50.6 Å².